The highest BCUT2D eigenvalue weighted by Crippen LogP contribution is 2.29. The van der Waals surface area contributed by atoms with Crippen LogP contribution in [0.1, 0.15) is 41.4 Å². The number of anilines is 1. The molecule has 1 atom stereocenters. The number of methoxy groups -OCH3 is 1. The zero-order valence-corrected chi connectivity index (χ0v) is 14.1. The van der Waals surface area contributed by atoms with Gasteiger partial charge in [0.15, 0.2) is 0 Å². The Morgan fingerprint density at radius 1 is 1.35 bits per heavy atom. The third-order valence-electron chi connectivity index (χ3n) is 3.78. The van der Waals surface area contributed by atoms with Crippen LogP contribution in [0.5, 0.6) is 5.88 Å². The van der Waals surface area contributed by atoms with Crippen LogP contribution in [0.4, 0.5) is 10.5 Å². The number of carbonyl (C=O) groups is 1. The third-order valence-corrected chi connectivity index (χ3v) is 5.12. The van der Waals surface area contributed by atoms with Gasteiger partial charge in [0.1, 0.15) is 5.01 Å². The van der Waals surface area contributed by atoms with Gasteiger partial charge in [0.05, 0.1) is 30.7 Å². The number of urea groups is 1. The molecular weight excluding hydrogens is 312 g/mol. The van der Waals surface area contributed by atoms with Crippen molar-refractivity contribution in [3.63, 3.8) is 0 Å². The van der Waals surface area contributed by atoms with Gasteiger partial charge in [-0.1, -0.05) is 0 Å². The monoisotopic (exact) mass is 332 g/mol. The Bertz CT molecular complexity index is 660. The number of amides is 2. The van der Waals surface area contributed by atoms with Gasteiger partial charge in [-0.05, 0) is 38.7 Å². The summed E-state index contributed by atoms with van der Waals surface area (Å²) in [5.74, 6) is 0.512. The van der Waals surface area contributed by atoms with E-state index in [1.807, 2.05) is 6.92 Å². The van der Waals surface area contributed by atoms with Gasteiger partial charge in [0.2, 0.25) is 5.88 Å². The van der Waals surface area contributed by atoms with E-state index in [9.17, 15) is 4.79 Å². The molecule has 0 saturated carbocycles. The highest BCUT2D eigenvalue weighted by molar-refractivity contribution is 7.11. The third kappa shape index (κ3) is 3.79. The summed E-state index contributed by atoms with van der Waals surface area (Å²) in [5.41, 5.74) is 1.83. The van der Waals surface area contributed by atoms with E-state index in [2.05, 4.69) is 20.6 Å². The van der Waals surface area contributed by atoms with Crippen molar-refractivity contribution in [3.8, 4) is 5.88 Å². The van der Waals surface area contributed by atoms with E-state index in [4.69, 9.17) is 4.74 Å². The second-order valence-electron chi connectivity index (χ2n) is 5.54. The molecular formula is C16H20N4O2S. The number of hydrogen-bond donors (Lipinski definition) is 2. The molecule has 1 aliphatic carbocycles. The molecule has 2 aromatic rings. The lowest BCUT2D eigenvalue weighted by Crippen LogP contribution is -2.31. The van der Waals surface area contributed by atoms with Crippen molar-refractivity contribution < 1.29 is 9.53 Å². The second kappa shape index (κ2) is 6.95. The van der Waals surface area contributed by atoms with Crippen molar-refractivity contribution in [2.75, 3.05) is 12.4 Å². The number of nitrogens with one attached hydrogen (secondary N) is 2. The molecule has 0 aromatic carbocycles. The molecule has 0 bridgehead atoms. The SMILES string of the molecule is COc1ccc(NC(=O)NC(C)c2nc3c(s2)CCCC3)cn1. The van der Waals surface area contributed by atoms with Gasteiger partial charge in [0.25, 0.3) is 0 Å². The predicted molar refractivity (Wildman–Crippen MR) is 90.1 cm³/mol. The molecule has 0 aliphatic heterocycles. The summed E-state index contributed by atoms with van der Waals surface area (Å²) in [5, 5.41) is 6.66. The van der Waals surface area contributed by atoms with Crippen LogP contribution in [0.15, 0.2) is 18.3 Å². The van der Waals surface area contributed by atoms with Crippen LogP contribution < -0.4 is 15.4 Å². The Labute approximate surface area is 139 Å². The van der Waals surface area contributed by atoms with Crippen molar-refractivity contribution >= 4 is 23.1 Å². The number of thiazole rings is 1. The summed E-state index contributed by atoms with van der Waals surface area (Å²) in [6.45, 7) is 1.95. The van der Waals surface area contributed by atoms with Gasteiger partial charge < -0.3 is 15.4 Å². The van der Waals surface area contributed by atoms with Gasteiger partial charge in [-0.15, -0.1) is 11.3 Å². The molecule has 122 valence electrons. The smallest absolute Gasteiger partial charge is 0.319 e. The molecule has 2 N–H and O–H groups in total. The molecule has 7 heteroatoms. The molecule has 23 heavy (non-hydrogen) atoms. The number of hydrogen-bond acceptors (Lipinski definition) is 5. The summed E-state index contributed by atoms with van der Waals surface area (Å²) in [4.78, 5) is 22.2. The zero-order chi connectivity index (χ0) is 16.2. The fraction of sp³-hybridized carbons (Fsp3) is 0.438. The van der Waals surface area contributed by atoms with Crippen LogP contribution in [0.25, 0.3) is 0 Å². The number of rotatable bonds is 4. The molecule has 0 saturated heterocycles. The van der Waals surface area contributed by atoms with Gasteiger partial charge in [-0.3, -0.25) is 0 Å². The zero-order valence-electron chi connectivity index (χ0n) is 13.3. The highest BCUT2D eigenvalue weighted by atomic mass is 32.1. The Balaban J connectivity index is 1.59. The van der Waals surface area contributed by atoms with Crippen molar-refractivity contribution in [1.29, 1.82) is 0 Å². The molecule has 6 nitrogen and oxygen atoms in total. The molecule has 2 heterocycles. The molecule has 0 spiro atoms. The minimum atomic E-state index is -0.266. The first-order chi connectivity index (χ1) is 11.2. The minimum absolute atomic E-state index is 0.114. The van der Waals surface area contributed by atoms with Crippen LogP contribution in [0, 0.1) is 0 Å². The van der Waals surface area contributed by atoms with Gasteiger partial charge in [0, 0.05) is 10.9 Å². The number of carbonyl (C=O) groups excluding carboxylic acids is 1. The Hall–Kier alpha value is -2.15. The molecule has 0 radical (unpaired) electrons. The van der Waals surface area contributed by atoms with Gasteiger partial charge in [-0.25, -0.2) is 14.8 Å². The largest absolute Gasteiger partial charge is 0.481 e. The summed E-state index contributed by atoms with van der Waals surface area (Å²) < 4.78 is 4.99. The summed E-state index contributed by atoms with van der Waals surface area (Å²) in [6, 6.07) is 3.07. The molecule has 1 unspecified atom stereocenters. The Kier molecular flexibility index (Phi) is 4.76. The number of aryl methyl sites for hydroxylation is 2. The van der Waals surface area contributed by atoms with E-state index in [-0.39, 0.29) is 12.1 Å². The Morgan fingerprint density at radius 2 is 2.17 bits per heavy atom. The van der Waals surface area contributed by atoms with E-state index >= 15 is 0 Å². The topological polar surface area (TPSA) is 76.1 Å². The average Bonchev–Trinajstić information content (AvgIpc) is 2.99. The fourth-order valence-corrected chi connectivity index (χ4v) is 3.71. The summed E-state index contributed by atoms with van der Waals surface area (Å²) in [7, 11) is 1.55. The quantitative estimate of drug-likeness (QED) is 0.900. The van der Waals surface area contributed by atoms with Crippen molar-refractivity contribution in [2.24, 2.45) is 0 Å². The van der Waals surface area contributed by atoms with E-state index in [1.165, 1.54) is 23.4 Å². The lowest BCUT2D eigenvalue weighted by Gasteiger charge is -2.12. The van der Waals surface area contributed by atoms with E-state index < -0.39 is 0 Å². The number of nitrogens with zero attached hydrogens (tertiary/aromatic N) is 2. The van der Waals surface area contributed by atoms with Crippen LogP contribution in [-0.4, -0.2) is 23.1 Å². The van der Waals surface area contributed by atoms with Gasteiger partial charge in [-0.2, -0.15) is 0 Å². The van der Waals surface area contributed by atoms with E-state index in [1.54, 1.807) is 36.8 Å². The number of pyridine rings is 1. The van der Waals surface area contributed by atoms with Crippen LogP contribution in [-0.2, 0) is 12.8 Å². The maximum Gasteiger partial charge on any atom is 0.319 e. The van der Waals surface area contributed by atoms with Crippen molar-refractivity contribution in [1.82, 2.24) is 15.3 Å². The minimum Gasteiger partial charge on any atom is -0.481 e. The molecule has 3 rings (SSSR count). The van der Waals surface area contributed by atoms with Crippen LogP contribution in [0.3, 0.4) is 0 Å². The van der Waals surface area contributed by atoms with Crippen LogP contribution in [0.2, 0.25) is 0 Å². The standard InChI is InChI=1S/C16H20N4O2S/c1-10(15-20-12-5-3-4-6-13(12)23-15)18-16(21)19-11-7-8-14(22-2)17-9-11/h7-10H,3-6H2,1-2H3,(H2,18,19,21). The first kappa shape index (κ1) is 15.7. The number of ether oxygens (including phenoxy) is 1. The molecule has 2 aromatic heterocycles. The normalized spacial score (nSPS) is 14.7. The van der Waals surface area contributed by atoms with E-state index in [0.717, 1.165) is 17.8 Å². The summed E-state index contributed by atoms with van der Waals surface area (Å²) in [6.07, 6.45) is 6.18. The first-order valence-electron chi connectivity index (χ1n) is 7.71. The van der Waals surface area contributed by atoms with Crippen LogP contribution >= 0.6 is 11.3 Å². The predicted octanol–water partition coefficient (Wildman–Crippen LogP) is 3.31. The summed E-state index contributed by atoms with van der Waals surface area (Å²) >= 11 is 1.71. The maximum absolute atomic E-state index is 12.1. The maximum atomic E-state index is 12.1. The molecule has 1 aliphatic rings. The average molecular weight is 332 g/mol. The van der Waals surface area contributed by atoms with Crippen molar-refractivity contribution in [2.45, 2.75) is 38.6 Å². The lowest BCUT2D eigenvalue weighted by molar-refractivity contribution is 0.249. The fourth-order valence-electron chi connectivity index (χ4n) is 2.56. The highest BCUT2D eigenvalue weighted by Gasteiger charge is 2.19. The van der Waals surface area contributed by atoms with Crippen molar-refractivity contribution in [3.05, 3.63) is 33.9 Å². The second-order valence-corrected chi connectivity index (χ2v) is 6.65. The van der Waals surface area contributed by atoms with E-state index in [0.29, 0.717) is 11.6 Å². The molecule has 2 amide bonds. The number of aromatic nitrogens is 2. The Morgan fingerprint density at radius 3 is 2.87 bits per heavy atom. The lowest BCUT2D eigenvalue weighted by atomic mass is 10.0. The number of fused-ring (bicyclic) bond motifs is 1. The first-order valence-corrected chi connectivity index (χ1v) is 8.53. The van der Waals surface area contributed by atoms with Gasteiger partial charge >= 0.3 is 6.03 Å². The molecule has 0 fully saturated rings.